The van der Waals surface area contributed by atoms with Crippen LogP contribution in [0.4, 0.5) is 5.00 Å². The summed E-state index contributed by atoms with van der Waals surface area (Å²) in [7, 11) is 1.54. The van der Waals surface area contributed by atoms with E-state index in [4.69, 9.17) is 9.47 Å². The summed E-state index contributed by atoms with van der Waals surface area (Å²) in [5.74, 6) is -0.430. The summed E-state index contributed by atoms with van der Waals surface area (Å²) < 4.78 is 12.3. The Morgan fingerprint density at radius 2 is 1.82 bits per heavy atom. The molecule has 0 aliphatic rings. The van der Waals surface area contributed by atoms with Crippen LogP contribution in [0.15, 0.2) is 63.2 Å². The average molecular weight is 528 g/mol. The second-order valence-corrected chi connectivity index (χ2v) is 8.59. The van der Waals surface area contributed by atoms with Crippen LogP contribution in [0.5, 0.6) is 5.75 Å². The number of halogens is 1. The zero-order valence-corrected chi connectivity index (χ0v) is 20.0. The third kappa shape index (κ3) is 4.53. The lowest BCUT2D eigenvalue weighted by molar-refractivity contribution is 0.0520. The van der Waals surface area contributed by atoms with Crippen molar-refractivity contribution in [3.8, 4) is 11.4 Å². The van der Waals surface area contributed by atoms with E-state index in [1.807, 2.05) is 0 Å². The van der Waals surface area contributed by atoms with Crippen LogP contribution in [0.3, 0.4) is 0 Å². The van der Waals surface area contributed by atoms with Crippen molar-refractivity contribution >= 4 is 54.9 Å². The molecule has 0 saturated carbocycles. The predicted octanol–water partition coefficient (Wildman–Crippen LogP) is 4.65. The third-order valence-corrected chi connectivity index (χ3v) is 6.20. The van der Waals surface area contributed by atoms with Gasteiger partial charge in [-0.2, -0.15) is 9.78 Å². The Morgan fingerprint density at radius 1 is 1.12 bits per heavy atom. The molecule has 0 saturated heterocycles. The molecule has 0 unspecified atom stereocenters. The number of carbonyl (C=O) groups excluding carboxylic acids is 2. The highest BCUT2D eigenvalue weighted by Crippen LogP contribution is 2.31. The number of benzene rings is 2. The quantitative estimate of drug-likeness (QED) is 0.366. The molecule has 2 heterocycles. The maximum absolute atomic E-state index is 13.4. The number of hydrogen-bond donors (Lipinski definition) is 1. The van der Waals surface area contributed by atoms with Crippen molar-refractivity contribution in [3.63, 3.8) is 0 Å². The Kier molecular flexibility index (Phi) is 6.57. The zero-order valence-electron chi connectivity index (χ0n) is 17.6. The van der Waals surface area contributed by atoms with Gasteiger partial charge in [0.05, 0.1) is 24.8 Å². The molecule has 33 heavy (non-hydrogen) atoms. The van der Waals surface area contributed by atoms with Gasteiger partial charge >= 0.3 is 5.97 Å². The highest BCUT2D eigenvalue weighted by molar-refractivity contribution is 9.10. The van der Waals surface area contributed by atoms with Gasteiger partial charge in [0.25, 0.3) is 11.5 Å². The van der Waals surface area contributed by atoms with Crippen molar-refractivity contribution in [2.24, 2.45) is 0 Å². The van der Waals surface area contributed by atoms with E-state index in [0.717, 1.165) is 20.5 Å². The van der Waals surface area contributed by atoms with Gasteiger partial charge in [-0.05, 0) is 55.5 Å². The molecule has 0 atom stereocenters. The van der Waals surface area contributed by atoms with E-state index in [9.17, 15) is 14.4 Å². The molecule has 1 amide bonds. The predicted molar refractivity (Wildman–Crippen MR) is 130 cm³/mol. The van der Waals surface area contributed by atoms with Gasteiger partial charge < -0.3 is 14.8 Å². The Morgan fingerprint density at radius 3 is 2.45 bits per heavy atom. The lowest BCUT2D eigenvalue weighted by Crippen LogP contribution is -2.25. The van der Waals surface area contributed by atoms with Gasteiger partial charge in [-0.15, -0.1) is 11.3 Å². The van der Waals surface area contributed by atoms with Crippen molar-refractivity contribution in [2.75, 3.05) is 19.0 Å². The first-order valence-corrected chi connectivity index (χ1v) is 11.5. The molecule has 0 fully saturated rings. The number of thiophene rings is 1. The number of amides is 1. The second-order valence-electron chi connectivity index (χ2n) is 6.80. The SMILES string of the molecule is CCOC(=O)c1nn(-c2ccc(OC)cc2)c(=O)c2c(NC(=O)c3ccc(Br)cc3)scc12. The molecule has 10 heteroatoms. The minimum atomic E-state index is -0.659. The monoisotopic (exact) mass is 527 g/mol. The molecule has 8 nitrogen and oxygen atoms in total. The normalized spacial score (nSPS) is 10.8. The fraction of sp³-hybridized carbons (Fsp3) is 0.130. The van der Waals surface area contributed by atoms with E-state index in [0.29, 0.717) is 27.4 Å². The minimum absolute atomic E-state index is 0.0114. The topological polar surface area (TPSA) is 99.5 Å². The van der Waals surface area contributed by atoms with Gasteiger partial charge in [-0.1, -0.05) is 15.9 Å². The minimum Gasteiger partial charge on any atom is -0.497 e. The molecule has 1 N–H and O–H groups in total. The summed E-state index contributed by atoms with van der Waals surface area (Å²) in [4.78, 5) is 38.8. The maximum atomic E-state index is 13.4. The number of nitrogens with one attached hydrogen (secondary N) is 1. The number of nitrogens with zero attached hydrogens (tertiary/aromatic N) is 2. The first kappa shape index (κ1) is 22.7. The molecular formula is C23H18BrN3O5S. The largest absolute Gasteiger partial charge is 0.497 e. The van der Waals surface area contributed by atoms with Crippen LogP contribution >= 0.6 is 27.3 Å². The van der Waals surface area contributed by atoms with Gasteiger partial charge in [0.2, 0.25) is 0 Å². The number of hydrogen-bond acceptors (Lipinski definition) is 7. The summed E-state index contributed by atoms with van der Waals surface area (Å²) in [6.07, 6.45) is 0. The summed E-state index contributed by atoms with van der Waals surface area (Å²) in [6, 6.07) is 13.5. The Labute approximate surface area is 200 Å². The molecule has 0 aliphatic heterocycles. The van der Waals surface area contributed by atoms with Gasteiger partial charge in [0.1, 0.15) is 10.8 Å². The number of rotatable bonds is 6. The summed E-state index contributed by atoms with van der Waals surface area (Å²) in [5.41, 5.74) is 0.373. The van der Waals surface area contributed by atoms with Crippen LogP contribution in [-0.2, 0) is 4.74 Å². The van der Waals surface area contributed by atoms with Crippen molar-refractivity contribution < 1.29 is 19.1 Å². The van der Waals surface area contributed by atoms with Gasteiger partial charge in [0, 0.05) is 20.8 Å². The number of methoxy groups -OCH3 is 1. The number of ether oxygens (including phenoxy) is 2. The molecule has 168 valence electrons. The molecule has 4 rings (SSSR count). The number of esters is 1. The van der Waals surface area contributed by atoms with Crippen LogP contribution in [0.25, 0.3) is 16.5 Å². The van der Waals surface area contributed by atoms with Crippen LogP contribution in [0.1, 0.15) is 27.8 Å². The molecular weight excluding hydrogens is 510 g/mol. The standard InChI is InChI=1S/C23H18BrN3O5S/c1-3-32-23(30)19-17-12-33-21(25-20(28)13-4-6-14(24)7-5-13)18(17)22(29)27(26-19)15-8-10-16(31-2)11-9-15/h4-12H,3H2,1-2H3,(H,25,28). The fourth-order valence-electron chi connectivity index (χ4n) is 3.17. The Bertz CT molecular complexity index is 1390. The van der Waals surface area contributed by atoms with Crippen molar-refractivity contribution in [2.45, 2.75) is 6.92 Å². The average Bonchev–Trinajstić information content (AvgIpc) is 3.24. The van der Waals surface area contributed by atoms with Crippen molar-refractivity contribution in [3.05, 3.63) is 80.0 Å². The lowest BCUT2D eigenvalue weighted by atomic mass is 10.2. The second kappa shape index (κ2) is 9.55. The van der Waals surface area contributed by atoms with Gasteiger partial charge in [0.15, 0.2) is 5.69 Å². The van der Waals surface area contributed by atoms with E-state index >= 15 is 0 Å². The van der Waals surface area contributed by atoms with E-state index in [1.54, 1.807) is 60.8 Å². The van der Waals surface area contributed by atoms with E-state index < -0.39 is 11.5 Å². The van der Waals surface area contributed by atoms with Gasteiger partial charge in [-0.3, -0.25) is 9.59 Å². The first-order chi connectivity index (χ1) is 15.9. The summed E-state index contributed by atoms with van der Waals surface area (Å²) in [6.45, 7) is 1.84. The molecule has 0 aliphatic carbocycles. The van der Waals surface area contributed by atoms with E-state index in [2.05, 4.69) is 26.3 Å². The smallest absolute Gasteiger partial charge is 0.359 e. The van der Waals surface area contributed by atoms with Crippen LogP contribution in [0.2, 0.25) is 0 Å². The zero-order chi connectivity index (χ0) is 23.5. The third-order valence-electron chi connectivity index (χ3n) is 4.77. The molecule has 4 aromatic rings. The maximum Gasteiger partial charge on any atom is 0.359 e. The van der Waals surface area contributed by atoms with Crippen LogP contribution in [-0.4, -0.2) is 35.4 Å². The number of anilines is 1. The molecule has 0 spiro atoms. The van der Waals surface area contributed by atoms with Crippen LogP contribution < -0.4 is 15.6 Å². The molecule has 2 aromatic heterocycles. The molecule has 0 radical (unpaired) electrons. The lowest BCUT2D eigenvalue weighted by Gasteiger charge is -2.10. The fourth-order valence-corrected chi connectivity index (χ4v) is 4.36. The van der Waals surface area contributed by atoms with E-state index in [-0.39, 0.29) is 23.6 Å². The Hall–Kier alpha value is -3.50. The van der Waals surface area contributed by atoms with Gasteiger partial charge in [-0.25, -0.2) is 4.79 Å². The highest BCUT2D eigenvalue weighted by atomic mass is 79.9. The first-order valence-electron chi connectivity index (χ1n) is 9.86. The van der Waals surface area contributed by atoms with E-state index in [1.165, 1.54) is 7.11 Å². The van der Waals surface area contributed by atoms with Crippen molar-refractivity contribution in [1.29, 1.82) is 0 Å². The molecule has 2 aromatic carbocycles. The summed E-state index contributed by atoms with van der Waals surface area (Å²) >= 11 is 4.48. The number of aromatic nitrogens is 2. The van der Waals surface area contributed by atoms with Crippen molar-refractivity contribution in [1.82, 2.24) is 9.78 Å². The van der Waals surface area contributed by atoms with Crippen LogP contribution in [0, 0.1) is 0 Å². The number of fused-ring (bicyclic) bond motifs is 1. The Balaban J connectivity index is 1.86. The number of carbonyl (C=O) groups is 2. The molecule has 0 bridgehead atoms. The highest BCUT2D eigenvalue weighted by Gasteiger charge is 2.23. The summed E-state index contributed by atoms with van der Waals surface area (Å²) in [5, 5.41) is 9.50.